The number of allylic oxidation sites excluding steroid dienone is 1. The summed E-state index contributed by atoms with van der Waals surface area (Å²) in [7, 11) is 0. The Morgan fingerprint density at radius 2 is 1.94 bits per heavy atom. The third-order valence-electron chi connectivity index (χ3n) is 4.68. The topological polar surface area (TPSA) is 96.3 Å². The molecule has 1 atom stereocenters. The van der Waals surface area contributed by atoms with Crippen molar-refractivity contribution in [1.82, 2.24) is 15.2 Å². The summed E-state index contributed by atoms with van der Waals surface area (Å²) >= 11 is 3.10. The van der Waals surface area contributed by atoms with Crippen LogP contribution in [0.1, 0.15) is 24.1 Å². The minimum atomic E-state index is -4.93. The molecule has 8 nitrogen and oxygen atoms in total. The van der Waals surface area contributed by atoms with Crippen molar-refractivity contribution in [3.8, 4) is 5.75 Å². The van der Waals surface area contributed by atoms with Gasteiger partial charge in [0.25, 0.3) is 5.91 Å². The molecule has 1 aromatic carbocycles. The zero-order chi connectivity index (χ0) is 26.7. The van der Waals surface area contributed by atoms with Gasteiger partial charge in [-0.3, -0.25) is 14.6 Å². The van der Waals surface area contributed by atoms with Crippen LogP contribution in [0.4, 0.5) is 32.0 Å². The molecule has 1 unspecified atom stereocenters. The first-order chi connectivity index (χ1) is 16.7. The zero-order valence-electron chi connectivity index (χ0n) is 18.2. The number of carbonyl (C=O) groups is 2. The first-order valence-electron chi connectivity index (χ1n) is 10.0. The molecule has 36 heavy (non-hydrogen) atoms. The fourth-order valence-electron chi connectivity index (χ4n) is 3.04. The number of halogens is 7. The lowest BCUT2D eigenvalue weighted by Crippen LogP contribution is -2.30. The Labute approximate surface area is 208 Å². The fourth-order valence-corrected chi connectivity index (χ4v) is 3.53. The number of amides is 2. The van der Waals surface area contributed by atoms with Crippen molar-refractivity contribution in [3.05, 3.63) is 64.0 Å². The molecule has 2 aromatic rings. The van der Waals surface area contributed by atoms with E-state index in [9.17, 15) is 35.9 Å². The lowest BCUT2D eigenvalue weighted by molar-refractivity contribution is -0.274. The predicted octanol–water partition coefficient (Wildman–Crippen LogP) is 5.45. The molecule has 0 spiro atoms. The quantitative estimate of drug-likeness (QED) is 0.280. The fraction of sp³-hybridized carbons (Fsp3) is 0.286. The second kappa shape index (κ2) is 10.6. The third-order valence-corrected chi connectivity index (χ3v) is 5.13. The van der Waals surface area contributed by atoms with Gasteiger partial charge in [-0.1, -0.05) is 22.9 Å². The molecule has 0 saturated carbocycles. The highest BCUT2D eigenvalue weighted by atomic mass is 79.9. The number of nitrogens with zero attached hydrogens (tertiary/aromatic N) is 4. The van der Waals surface area contributed by atoms with Crippen LogP contribution >= 0.6 is 15.9 Å². The van der Waals surface area contributed by atoms with Crippen molar-refractivity contribution in [1.29, 1.82) is 0 Å². The van der Waals surface area contributed by atoms with Crippen molar-refractivity contribution in [2.45, 2.75) is 25.4 Å². The first-order valence-corrected chi connectivity index (χ1v) is 10.8. The van der Waals surface area contributed by atoms with Gasteiger partial charge in [0.1, 0.15) is 23.7 Å². The number of benzene rings is 1. The number of nitrogens with one attached hydrogen (secondary N) is 1. The van der Waals surface area contributed by atoms with Crippen LogP contribution in [0.15, 0.2) is 63.0 Å². The molecule has 2 amide bonds. The van der Waals surface area contributed by atoms with Gasteiger partial charge in [0.15, 0.2) is 0 Å². The predicted molar refractivity (Wildman–Crippen MR) is 116 cm³/mol. The summed E-state index contributed by atoms with van der Waals surface area (Å²) < 4.78 is 81.0. The summed E-state index contributed by atoms with van der Waals surface area (Å²) in [5, 5.41) is 9.93. The molecule has 1 aromatic heterocycles. The van der Waals surface area contributed by atoms with Crippen molar-refractivity contribution in [2.24, 2.45) is 10.2 Å². The van der Waals surface area contributed by atoms with Gasteiger partial charge in [0.2, 0.25) is 5.91 Å². The van der Waals surface area contributed by atoms with Crippen molar-refractivity contribution in [3.63, 3.8) is 0 Å². The molecule has 1 N–H and O–H groups in total. The summed E-state index contributed by atoms with van der Waals surface area (Å²) in [6, 6.07) is 5.47. The number of pyridine rings is 1. The van der Waals surface area contributed by atoms with Gasteiger partial charge in [-0.25, -0.2) is 0 Å². The molecular weight excluding hydrogens is 564 g/mol. The maximum atomic E-state index is 13.0. The van der Waals surface area contributed by atoms with Crippen LogP contribution in [0.2, 0.25) is 0 Å². The van der Waals surface area contributed by atoms with E-state index in [0.717, 1.165) is 29.3 Å². The zero-order valence-corrected chi connectivity index (χ0v) is 19.8. The van der Waals surface area contributed by atoms with Crippen LogP contribution < -0.4 is 10.1 Å². The van der Waals surface area contributed by atoms with Crippen LogP contribution in [0.5, 0.6) is 5.75 Å². The van der Waals surface area contributed by atoms with Crippen LogP contribution in [0.25, 0.3) is 0 Å². The minimum absolute atomic E-state index is 0.132. The van der Waals surface area contributed by atoms with Gasteiger partial charge in [0.05, 0.1) is 12.4 Å². The summed E-state index contributed by atoms with van der Waals surface area (Å²) in [5.74, 6) is -2.44. The number of hydrogen-bond acceptors (Lipinski definition) is 6. The molecule has 15 heteroatoms. The van der Waals surface area contributed by atoms with Crippen LogP contribution in [0.3, 0.4) is 0 Å². The maximum Gasteiger partial charge on any atom is 0.573 e. The van der Waals surface area contributed by atoms with Crippen molar-refractivity contribution in [2.75, 3.05) is 13.2 Å². The van der Waals surface area contributed by atoms with Gasteiger partial charge in [-0.05, 0) is 42.0 Å². The normalized spacial score (nSPS) is 15.8. The van der Waals surface area contributed by atoms with Crippen LogP contribution in [-0.2, 0) is 15.8 Å². The third kappa shape index (κ3) is 7.50. The molecule has 1 aliphatic heterocycles. The molecule has 3 rings (SSSR count). The Kier molecular flexibility index (Phi) is 8.01. The smallest absolute Gasteiger partial charge is 0.406 e. The van der Waals surface area contributed by atoms with Crippen LogP contribution in [0, 0.1) is 0 Å². The number of rotatable bonds is 6. The highest BCUT2D eigenvalue weighted by molar-refractivity contribution is 9.10. The van der Waals surface area contributed by atoms with E-state index in [-0.39, 0.29) is 29.1 Å². The summed E-state index contributed by atoms with van der Waals surface area (Å²) in [4.78, 5) is 28.8. The van der Waals surface area contributed by atoms with Gasteiger partial charge in [0, 0.05) is 16.6 Å². The number of alkyl halides is 6. The monoisotopic (exact) mass is 579 g/mol. The molecule has 1 aliphatic rings. The summed E-state index contributed by atoms with van der Waals surface area (Å²) in [6.45, 7) is 1.13. The van der Waals surface area contributed by atoms with E-state index < -0.39 is 41.7 Å². The van der Waals surface area contributed by atoms with Crippen molar-refractivity contribution < 1.29 is 40.7 Å². The Morgan fingerprint density at radius 3 is 2.56 bits per heavy atom. The van der Waals surface area contributed by atoms with E-state index in [1.54, 1.807) is 6.92 Å². The second-order valence-corrected chi connectivity index (χ2v) is 8.38. The minimum Gasteiger partial charge on any atom is -0.406 e. The molecular formula is C21H16BrF6N5O3. The number of carbonyl (C=O) groups excluding carboxylic acids is 2. The molecule has 2 heterocycles. The summed E-state index contributed by atoms with van der Waals surface area (Å²) in [5.41, 5.74) is -1.52. The molecule has 192 valence electrons. The molecule has 0 aliphatic carbocycles. The van der Waals surface area contributed by atoms with Crippen LogP contribution in [-0.4, -0.2) is 41.3 Å². The largest absolute Gasteiger partial charge is 0.573 e. The Morgan fingerprint density at radius 1 is 1.22 bits per heavy atom. The number of hydrogen-bond donors (Lipinski definition) is 1. The summed E-state index contributed by atoms with van der Waals surface area (Å²) in [6.07, 6.45) is -7.52. The van der Waals surface area contributed by atoms with E-state index >= 15 is 0 Å². The van der Waals surface area contributed by atoms with Gasteiger partial charge >= 0.3 is 12.5 Å². The standard InChI is InChI=1S/C21H16BrF6N5O3/c1-11(12-5-13(22)7-15(6-12)36-21(26,27)28)4-16(19(35)33-9-18(34)30-10-33)32-31-14-2-3-29-17(8-14)20(23,24)25/h2-8,11H,9-10H2,1H3,(H,30,34)/b16-4-,32-31?. The number of ether oxygens (including phenoxy) is 1. The molecule has 0 radical (unpaired) electrons. The van der Waals surface area contributed by atoms with Crippen molar-refractivity contribution >= 4 is 33.4 Å². The Balaban J connectivity index is 1.96. The Hall–Kier alpha value is -3.49. The number of azo groups is 1. The molecule has 1 saturated heterocycles. The van der Waals surface area contributed by atoms with Gasteiger partial charge in [-0.15, -0.1) is 18.3 Å². The SMILES string of the molecule is CC(/C=C(\N=Nc1ccnc(C(F)(F)F)c1)C(=O)N1CNC(=O)C1)c1cc(Br)cc(OC(F)(F)F)c1. The molecule has 0 bridgehead atoms. The van der Waals surface area contributed by atoms with E-state index in [4.69, 9.17) is 0 Å². The van der Waals surface area contributed by atoms with E-state index in [1.165, 1.54) is 12.1 Å². The highest BCUT2D eigenvalue weighted by Gasteiger charge is 2.33. The number of aromatic nitrogens is 1. The Bertz CT molecular complexity index is 1220. The molecule has 1 fully saturated rings. The average Bonchev–Trinajstić information content (AvgIpc) is 3.20. The highest BCUT2D eigenvalue weighted by Crippen LogP contribution is 2.32. The van der Waals surface area contributed by atoms with E-state index in [1.807, 2.05) is 0 Å². The van der Waals surface area contributed by atoms with E-state index in [2.05, 4.69) is 41.2 Å². The lowest BCUT2D eigenvalue weighted by atomic mass is 9.99. The van der Waals surface area contributed by atoms with Gasteiger partial charge < -0.3 is 15.0 Å². The second-order valence-electron chi connectivity index (χ2n) is 7.47. The maximum absolute atomic E-state index is 13.0. The van der Waals surface area contributed by atoms with E-state index in [0.29, 0.717) is 11.6 Å². The lowest BCUT2D eigenvalue weighted by Gasteiger charge is -2.16. The average molecular weight is 580 g/mol. The van der Waals surface area contributed by atoms with Gasteiger partial charge in [-0.2, -0.15) is 18.3 Å². The first kappa shape index (κ1) is 27.1.